The Morgan fingerprint density at radius 3 is 2.59 bits per heavy atom. The number of halogens is 1. The Balaban J connectivity index is 1.61. The Hall–Kier alpha value is -1.94. The molecule has 0 radical (unpaired) electrons. The molecule has 3 aromatic rings. The third-order valence-corrected chi connectivity index (χ3v) is 7.89. The predicted octanol–water partition coefficient (Wildman–Crippen LogP) is 2.61. The number of aromatic nitrogens is 4. The van der Waals surface area contributed by atoms with Crippen molar-refractivity contribution in [2.45, 2.75) is 44.8 Å². The number of hydrogen-bond donors (Lipinski definition) is 1. The minimum atomic E-state index is -2.94. The summed E-state index contributed by atoms with van der Waals surface area (Å²) in [6, 6.07) is 3.92. The SMILES string of the molecule is Cn1cc(-n2cc(CCN(CC(C)(C)O)C3CCS(=O)(=O)CC3)c3ccc(Cl)nc32)cn1. The first-order chi connectivity index (χ1) is 15.0. The van der Waals surface area contributed by atoms with Crippen molar-refractivity contribution in [2.75, 3.05) is 24.6 Å². The molecule has 1 aliphatic rings. The summed E-state index contributed by atoms with van der Waals surface area (Å²) in [5.74, 6) is 0.422. The monoisotopic (exact) mass is 479 g/mol. The van der Waals surface area contributed by atoms with Crippen LogP contribution in [0.15, 0.2) is 30.7 Å². The molecule has 0 atom stereocenters. The van der Waals surface area contributed by atoms with Crippen molar-refractivity contribution < 1.29 is 13.5 Å². The highest BCUT2D eigenvalue weighted by molar-refractivity contribution is 7.91. The average molecular weight is 480 g/mol. The van der Waals surface area contributed by atoms with E-state index < -0.39 is 15.4 Å². The van der Waals surface area contributed by atoms with Crippen LogP contribution in [-0.2, 0) is 23.3 Å². The van der Waals surface area contributed by atoms with E-state index in [1.165, 1.54) is 0 Å². The zero-order valence-corrected chi connectivity index (χ0v) is 20.3. The molecule has 0 saturated carbocycles. The quantitative estimate of drug-likeness (QED) is 0.523. The van der Waals surface area contributed by atoms with Gasteiger partial charge in [-0.15, -0.1) is 0 Å². The van der Waals surface area contributed by atoms with Gasteiger partial charge in [0.05, 0.1) is 29.0 Å². The molecule has 0 unspecified atom stereocenters. The van der Waals surface area contributed by atoms with Crippen LogP contribution in [0.5, 0.6) is 0 Å². The lowest BCUT2D eigenvalue weighted by Gasteiger charge is -2.37. The van der Waals surface area contributed by atoms with Gasteiger partial charge in [0.2, 0.25) is 0 Å². The smallest absolute Gasteiger partial charge is 0.150 e. The molecule has 10 heteroatoms. The van der Waals surface area contributed by atoms with Crippen molar-refractivity contribution in [3.63, 3.8) is 0 Å². The number of fused-ring (bicyclic) bond motifs is 1. The van der Waals surface area contributed by atoms with E-state index >= 15 is 0 Å². The first-order valence-corrected chi connectivity index (χ1v) is 13.0. The van der Waals surface area contributed by atoms with Gasteiger partial charge >= 0.3 is 0 Å². The van der Waals surface area contributed by atoms with E-state index in [4.69, 9.17) is 11.6 Å². The van der Waals surface area contributed by atoms with Gasteiger partial charge in [-0.05, 0) is 50.8 Å². The van der Waals surface area contributed by atoms with Crippen molar-refractivity contribution in [1.29, 1.82) is 0 Å². The molecule has 0 aliphatic carbocycles. The van der Waals surface area contributed by atoms with E-state index in [1.54, 1.807) is 30.8 Å². The molecule has 4 rings (SSSR count). The lowest BCUT2D eigenvalue weighted by molar-refractivity contribution is 0.0191. The van der Waals surface area contributed by atoms with Crippen LogP contribution in [-0.4, -0.2) is 74.0 Å². The second-order valence-corrected chi connectivity index (χ2v) is 12.0. The standard InChI is InChI=1S/C22H30ClN5O3S/c1-22(2,29)15-27(17-7-10-32(30,31)11-8-17)9-6-16-13-28(18-12-24-26(3)14-18)21-19(16)4-5-20(23)25-21/h4-5,12-14,17,29H,6-11,15H2,1-3H3. The highest BCUT2D eigenvalue weighted by Gasteiger charge is 2.30. The van der Waals surface area contributed by atoms with Crippen molar-refractivity contribution in [1.82, 2.24) is 24.2 Å². The third kappa shape index (κ3) is 5.33. The highest BCUT2D eigenvalue weighted by atomic mass is 35.5. The summed E-state index contributed by atoms with van der Waals surface area (Å²) in [6.45, 7) is 4.78. The van der Waals surface area contributed by atoms with Crippen LogP contribution in [0.4, 0.5) is 0 Å². The first kappa shape index (κ1) is 23.2. The lowest BCUT2D eigenvalue weighted by Crippen LogP contribution is -2.48. The molecule has 1 aliphatic heterocycles. The van der Waals surface area contributed by atoms with Gasteiger partial charge in [0, 0.05) is 44.0 Å². The molecule has 1 fully saturated rings. The van der Waals surface area contributed by atoms with Gasteiger partial charge in [-0.2, -0.15) is 5.10 Å². The fourth-order valence-corrected chi connectivity index (χ4v) is 6.08. The maximum Gasteiger partial charge on any atom is 0.150 e. The Kier molecular flexibility index (Phi) is 6.37. The van der Waals surface area contributed by atoms with Gasteiger partial charge in [0.1, 0.15) is 20.6 Å². The zero-order chi connectivity index (χ0) is 23.1. The fourth-order valence-electron chi connectivity index (χ4n) is 4.47. The van der Waals surface area contributed by atoms with E-state index in [0.29, 0.717) is 31.1 Å². The molecule has 0 amide bonds. The maximum atomic E-state index is 11.9. The van der Waals surface area contributed by atoms with Crippen molar-refractivity contribution >= 4 is 32.5 Å². The number of aliphatic hydroxyl groups is 1. The van der Waals surface area contributed by atoms with Gasteiger partial charge in [0.15, 0.2) is 0 Å². The molecule has 0 spiro atoms. The van der Waals surface area contributed by atoms with Crippen LogP contribution in [0, 0.1) is 0 Å². The van der Waals surface area contributed by atoms with Crippen molar-refractivity contribution in [2.24, 2.45) is 7.05 Å². The van der Waals surface area contributed by atoms with Gasteiger partial charge < -0.3 is 5.11 Å². The lowest BCUT2D eigenvalue weighted by atomic mass is 10.0. The Morgan fingerprint density at radius 1 is 1.25 bits per heavy atom. The molecular formula is C22H30ClN5O3S. The molecule has 32 heavy (non-hydrogen) atoms. The van der Waals surface area contributed by atoms with Gasteiger partial charge in [0.25, 0.3) is 0 Å². The van der Waals surface area contributed by atoms with Gasteiger partial charge in [-0.25, -0.2) is 13.4 Å². The molecule has 1 N–H and O–H groups in total. The van der Waals surface area contributed by atoms with Crippen molar-refractivity contribution in [3.8, 4) is 5.69 Å². The molecule has 4 heterocycles. The van der Waals surface area contributed by atoms with Crippen LogP contribution in [0.1, 0.15) is 32.3 Å². The summed E-state index contributed by atoms with van der Waals surface area (Å²) in [5.41, 5.74) is 1.94. The molecular weight excluding hydrogens is 450 g/mol. The van der Waals surface area contributed by atoms with E-state index in [1.807, 2.05) is 23.9 Å². The second kappa shape index (κ2) is 8.78. The number of nitrogens with zero attached hydrogens (tertiary/aromatic N) is 5. The molecule has 0 aromatic carbocycles. The summed E-state index contributed by atoms with van der Waals surface area (Å²) in [7, 11) is -1.07. The topological polar surface area (TPSA) is 93.2 Å². The van der Waals surface area contributed by atoms with E-state index in [-0.39, 0.29) is 17.5 Å². The van der Waals surface area contributed by atoms with Crippen LogP contribution in [0.2, 0.25) is 5.15 Å². The van der Waals surface area contributed by atoms with Gasteiger partial charge in [-0.1, -0.05) is 11.6 Å². The van der Waals surface area contributed by atoms with Crippen molar-refractivity contribution in [3.05, 3.63) is 41.4 Å². The number of sulfone groups is 1. The van der Waals surface area contributed by atoms with Gasteiger partial charge in [-0.3, -0.25) is 14.1 Å². The Bertz CT molecular complexity index is 1200. The Morgan fingerprint density at radius 2 is 1.97 bits per heavy atom. The van der Waals surface area contributed by atoms with E-state index in [2.05, 4.69) is 21.2 Å². The highest BCUT2D eigenvalue weighted by Crippen LogP contribution is 2.27. The predicted molar refractivity (Wildman–Crippen MR) is 126 cm³/mol. The summed E-state index contributed by atoms with van der Waals surface area (Å²) in [5, 5.41) is 16.2. The van der Waals surface area contributed by atoms with Crippen LogP contribution in [0.25, 0.3) is 16.7 Å². The van der Waals surface area contributed by atoms with Crippen LogP contribution in [0.3, 0.4) is 0 Å². The largest absolute Gasteiger partial charge is 0.389 e. The molecule has 3 aromatic heterocycles. The third-order valence-electron chi connectivity index (χ3n) is 5.97. The van der Waals surface area contributed by atoms with E-state index in [0.717, 1.165) is 28.7 Å². The van der Waals surface area contributed by atoms with Crippen LogP contribution >= 0.6 is 11.6 Å². The molecule has 0 bridgehead atoms. The minimum Gasteiger partial charge on any atom is -0.389 e. The maximum absolute atomic E-state index is 11.9. The van der Waals surface area contributed by atoms with Crippen LogP contribution < -0.4 is 0 Å². The Labute approximate surface area is 193 Å². The second-order valence-electron chi connectivity index (χ2n) is 9.32. The average Bonchev–Trinajstić information content (AvgIpc) is 3.27. The summed E-state index contributed by atoms with van der Waals surface area (Å²) in [6.07, 6.45) is 7.73. The summed E-state index contributed by atoms with van der Waals surface area (Å²) >= 11 is 6.19. The number of pyridine rings is 1. The normalized spacial score (nSPS) is 17.4. The first-order valence-electron chi connectivity index (χ1n) is 10.8. The molecule has 174 valence electrons. The summed E-state index contributed by atoms with van der Waals surface area (Å²) < 4.78 is 27.5. The fraction of sp³-hybridized carbons (Fsp3) is 0.545. The summed E-state index contributed by atoms with van der Waals surface area (Å²) in [4.78, 5) is 6.79. The molecule has 8 nitrogen and oxygen atoms in total. The van der Waals surface area contributed by atoms with E-state index in [9.17, 15) is 13.5 Å². The number of rotatable bonds is 7. The zero-order valence-electron chi connectivity index (χ0n) is 18.7. The molecule has 1 saturated heterocycles. The minimum absolute atomic E-state index is 0.143. The number of hydrogen-bond acceptors (Lipinski definition) is 6. The number of aryl methyl sites for hydroxylation is 1.